The van der Waals surface area contributed by atoms with Crippen molar-refractivity contribution >= 4 is 38.5 Å². The Kier molecular flexibility index (Phi) is 2.52. The van der Waals surface area contributed by atoms with Crippen molar-refractivity contribution in [3.05, 3.63) is 59.4 Å². The summed E-state index contributed by atoms with van der Waals surface area (Å²) in [5, 5.41) is 3.62. The number of nitrogens with zero attached hydrogens (tertiary/aromatic N) is 2. The molecule has 0 amide bonds. The molecule has 2 aromatic carbocycles. The minimum Gasteiger partial charge on any atom is -0.454 e. The highest BCUT2D eigenvalue weighted by molar-refractivity contribution is 6.17. The standard InChI is InChI=1S/C26H22N2O/c1-13-6-7-21-20(8-13)24-25(29-21)17-4-2-3-5-18(17)26-27-22-19-11-14-9-15(19)12-16(10-14)23(22)28(24)26/h2-8,14-16,19H,9-12H2,1H3. The number of hydrogen-bond acceptors (Lipinski definition) is 2. The molecule has 29 heavy (non-hydrogen) atoms. The third-order valence-electron chi connectivity index (χ3n) is 8.13. The molecular formula is C26H22N2O. The van der Waals surface area contributed by atoms with Crippen LogP contribution in [-0.4, -0.2) is 9.38 Å². The van der Waals surface area contributed by atoms with Gasteiger partial charge in [-0.2, -0.15) is 0 Å². The number of benzene rings is 2. The summed E-state index contributed by atoms with van der Waals surface area (Å²) in [4.78, 5) is 5.38. The van der Waals surface area contributed by atoms with E-state index in [0.717, 1.165) is 28.6 Å². The summed E-state index contributed by atoms with van der Waals surface area (Å²) < 4.78 is 9.00. The summed E-state index contributed by atoms with van der Waals surface area (Å²) in [5.74, 6) is 3.10. The van der Waals surface area contributed by atoms with Crippen molar-refractivity contribution in [1.29, 1.82) is 0 Å². The maximum Gasteiger partial charge on any atom is 0.160 e. The lowest BCUT2D eigenvalue weighted by molar-refractivity contribution is 0.290. The molecule has 142 valence electrons. The minimum atomic E-state index is 0.654. The molecule has 3 bridgehead atoms. The highest BCUT2D eigenvalue weighted by Gasteiger charge is 2.49. The van der Waals surface area contributed by atoms with Gasteiger partial charge in [0.1, 0.15) is 16.7 Å². The fraction of sp³-hybridized carbons (Fsp3) is 0.346. The fourth-order valence-corrected chi connectivity index (χ4v) is 7.12. The average Bonchev–Trinajstić information content (AvgIpc) is 3.36. The van der Waals surface area contributed by atoms with Crippen LogP contribution in [0.4, 0.5) is 0 Å². The zero-order valence-corrected chi connectivity index (χ0v) is 16.5. The number of rotatable bonds is 0. The summed E-state index contributed by atoms with van der Waals surface area (Å²) >= 11 is 0. The van der Waals surface area contributed by atoms with E-state index in [1.165, 1.54) is 64.3 Å². The smallest absolute Gasteiger partial charge is 0.160 e. The highest BCUT2D eigenvalue weighted by Crippen LogP contribution is 2.60. The van der Waals surface area contributed by atoms with Crippen molar-refractivity contribution in [3.63, 3.8) is 0 Å². The lowest BCUT2D eigenvalue weighted by atomic mass is 9.73. The average molecular weight is 378 g/mol. The number of fused-ring (bicyclic) bond motifs is 14. The third-order valence-corrected chi connectivity index (χ3v) is 8.13. The van der Waals surface area contributed by atoms with Crippen LogP contribution in [0, 0.1) is 18.8 Å². The molecule has 2 saturated carbocycles. The monoisotopic (exact) mass is 378 g/mol. The molecule has 4 unspecified atom stereocenters. The van der Waals surface area contributed by atoms with E-state index in [2.05, 4.69) is 53.8 Å². The van der Waals surface area contributed by atoms with Crippen LogP contribution < -0.4 is 0 Å². The molecular weight excluding hydrogens is 356 g/mol. The second kappa shape index (κ2) is 4.84. The Labute approximate surface area is 168 Å². The van der Waals surface area contributed by atoms with Crippen LogP contribution in [0.3, 0.4) is 0 Å². The maximum absolute atomic E-state index is 6.48. The van der Waals surface area contributed by atoms with Gasteiger partial charge in [0, 0.05) is 33.7 Å². The lowest BCUT2D eigenvalue weighted by Gasteiger charge is -2.33. The van der Waals surface area contributed by atoms with E-state index in [1.807, 2.05) is 0 Å². The molecule has 0 saturated heterocycles. The summed E-state index contributed by atoms with van der Waals surface area (Å²) in [6.07, 6.45) is 5.48. The number of hydrogen-bond donors (Lipinski definition) is 0. The molecule has 0 aliphatic heterocycles. The molecule has 3 aromatic heterocycles. The van der Waals surface area contributed by atoms with Crippen LogP contribution in [0.2, 0.25) is 0 Å². The van der Waals surface area contributed by atoms with E-state index in [9.17, 15) is 0 Å². The first kappa shape index (κ1) is 15.1. The van der Waals surface area contributed by atoms with Gasteiger partial charge in [0.2, 0.25) is 0 Å². The number of aromatic nitrogens is 2. The van der Waals surface area contributed by atoms with E-state index >= 15 is 0 Å². The van der Waals surface area contributed by atoms with E-state index in [-0.39, 0.29) is 0 Å². The van der Waals surface area contributed by atoms with Gasteiger partial charge >= 0.3 is 0 Å². The van der Waals surface area contributed by atoms with E-state index in [1.54, 1.807) is 0 Å². The quantitative estimate of drug-likeness (QED) is 0.300. The zero-order chi connectivity index (χ0) is 18.9. The molecule has 3 heterocycles. The van der Waals surface area contributed by atoms with Crippen LogP contribution in [-0.2, 0) is 0 Å². The largest absolute Gasteiger partial charge is 0.454 e. The number of pyridine rings is 1. The number of furan rings is 1. The van der Waals surface area contributed by atoms with Crippen molar-refractivity contribution < 1.29 is 4.42 Å². The Hall–Kier alpha value is -2.81. The normalized spacial score (nSPS) is 27.6. The first-order valence-corrected chi connectivity index (χ1v) is 11.0. The molecule has 3 heteroatoms. The second-order valence-corrected chi connectivity index (χ2v) is 9.74. The predicted octanol–water partition coefficient (Wildman–Crippen LogP) is 6.70. The summed E-state index contributed by atoms with van der Waals surface area (Å²) in [5.41, 5.74) is 8.54. The zero-order valence-electron chi connectivity index (χ0n) is 16.5. The Morgan fingerprint density at radius 3 is 2.79 bits per heavy atom. The van der Waals surface area contributed by atoms with Crippen molar-refractivity contribution in [3.8, 4) is 0 Å². The summed E-state index contributed by atoms with van der Waals surface area (Å²) in [7, 11) is 0. The maximum atomic E-state index is 6.48. The molecule has 3 aliphatic carbocycles. The van der Waals surface area contributed by atoms with Gasteiger partial charge in [0.25, 0.3) is 0 Å². The van der Waals surface area contributed by atoms with Gasteiger partial charge in [-0.3, -0.25) is 4.40 Å². The fourth-order valence-electron chi connectivity index (χ4n) is 7.12. The Morgan fingerprint density at radius 2 is 1.86 bits per heavy atom. The van der Waals surface area contributed by atoms with E-state index in [4.69, 9.17) is 9.40 Å². The van der Waals surface area contributed by atoms with Crippen LogP contribution in [0.5, 0.6) is 0 Å². The highest BCUT2D eigenvalue weighted by atomic mass is 16.3. The molecule has 2 fully saturated rings. The molecule has 0 spiro atoms. The van der Waals surface area contributed by atoms with Crippen LogP contribution in [0.15, 0.2) is 46.9 Å². The van der Waals surface area contributed by atoms with Crippen molar-refractivity contribution in [2.45, 2.75) is 44.4 Å². The van der Waals surface area contributed by atoms with Crippen molar-refractivity contribution in [2.24, 2.45) is 11.8 Å². The molecule has 3 aliphatic rings. The summed E-state index contributed by atoms with van der Waals surface area (Å²) in [6.45, 7) is 2.17. The van der Waals surface area contributed by atoms with Crippen LogP contribution in [0.1, 0.15) is 54.5 Å². The minimum absolute atomic E-state index is 0.654. The molecule has 3 nitrogen and oxygen atoms in total. The second-order valence-electron chi connectivity index (χ2n) is 9.74. The molecule has 0 N–H and O–H groups in total. The molecule has 4 atom stereocenters. The van der Waals surface area contributed by atoms with Gasteiger partial charge in [-0.05, 0) is 56.6 Å². The first-order valence-electron chi connectivity index (χ1n) is 11.0. The molecule has 5 aromatic rings. The molecule has 8 rings (SSSR count). The van der Waals surface area contributed by atoms with E-state index in [0.29, 0.717) is 11.8 Å². The van der Waals surface area contributed by atoms with Gasteiger partial charge in [0.15, 0.2) is 5.58 Å². The lowest BCUT2D eigenvalue weighted by Crippen LogP contribution is -2.23. The SMILES string of the molecule is Cc1ccc2oc3c4ccccc4c4nc5c(n4c3c2c1)C1CC2CC(C1)C5C2. The topological polar surface area (TPSA) is 30.4 Å². The van der Waals surface area contributed by atoms with Gasteiger partial charge in [0.05, 0.1) is 5.69 Å². The number of aryl methyl sites for hydroxylation is 1. The van der Waals surface area contributed by atoms with E-state index < -0.39 is 0 Å². The molecule has 0 radical (unpaired) electrons. The van der Waals surface area contributed by atoms with Gasteiger partial charge in [-0.1, -0.05) is 35.9 Å². The van der Waals surface area contributed by atoms with Crippen LogP contribution >= 0.6 is 0 Å². The summed E-state index contributed by atoms with van der Waals surface area (Å²) in [6, 6.07) is 15.2. The van der Waals surface area contributed by atoms with Gasteiger partial charge in [-0.15, -0.1) is 0 Å². The predicted molar refractivity (Wildman–Crippen MR) is 116 cm³/mol. The Balaban J connectivity index is 1.66. The van der Waals surface area contributed by atoms with Crippen LogP contribution in [0.25, 0.3) is 38.5 Å². The third kappa shape index (κ3) is 1.70. The first-order chi connectivity index (χ1) is 14.3. The number of imidazole rings is 1. The van der Waals surface area contributed by atoms with Gasteiger partial charge in [-0.25, -0.2) is 4.98 Å². The van der Waals surface area contributed by atoms with Crippen molar-refractivity contribution in [1.82, 2.24) is 9.38 Å². The Morgan fingerprint density at radius 1 is 0.966 bits per heavy atom. The van der Waals surface area contributed by atoms with Crippen molar-refractivity contribution in [2.75, 3.05) is 0 Å². The Bertz CT molecular complexity index is 1500. The van der Waals surface area contributed by atoms with Gasteiger partial charge < -0.3 is 4.42 Å².